The van der Waals surface area contributed by atoms with Crippen LogP contribution in [0.4, 0.5) is 11.5 Å². The van der Waals surface area contributed by atoms with Crippen molar-refractivity contribution in [2.75, 3.05) is 5.06 Å². The molecule has 0 spiro atoms. The Hall–Kier alpha value is -2.63. The molecule has 2 aromatic rings. The van der Waals surface area contributed by atoms with Crippen LogP contribution in [-0.2, 0) is 20.5 Å². The van der Waals surface area contributed by atoms with Crippen molar-refractivity contribution in [1.29, 1.82) is 0 Å². The summed E-state index contributed by atoms with van der Waals surface area (Å²) in [6.45, 7) is 13.5. The Balaban J connectivity index is 2.74. The van der Waals surface area contributed by atoms with Crippen LogP contribution in [0.5, 0.6) is 5.75 Å². The van der Waals surface area contributed by atoms with E-state index in [9.17, 15) is 9.90 Å². The van der Waals surface area contributed by atoms with Gasteiger partial charge < -0.3 is 9.94 Å². The van der Waals surface area contributed by atoms with Gasteiger partial charge in [-0.15, -0.1) is 0 Å². The van der Waals surface area contributed by atoms with Crippen LogP contribution in [0.2, 0.25) is 0 Å². The Labute approximate surface area is 154 Å². The second-order valence-corrected chi connectivity index (χ2v) is 8.33. The van der Waals surface area contributed by atoms with Crippen LogP contribution < -0.4 is 5.06 Å². The number of aromatic nitrogens is 2. The van der Waals surface area contributed by atoms with Crippen molar-refractivity contribution in [3.63, 3.8) is 0 Å². The summed E-state index contributed by atoms with van der Waals surface area (Å²) in [5, 5.41) is 12.2. The Bertz CT molecular complexity index is 755. The first-order valence-corrected chi connectivity index (χ1v) is 8.54. The van der Waals surface area contributed by atoms with Gasteiger partial charge in [0.25, 0.3) is 0 Å². The molecule has 0 aliphatic rings. The van der Waals surface area contributed by atoms with E-state index >= 15 is 0 Å². The molecule has 2 rings (SSSR count). The molecule has 1 aromatic heterocycles. The smallest absolute Gasteiger partial charge is 0.329 e. The number of carbonyl (C=O) groups is 1. The predicted octanol–water partition coefficient (Wildman–Crippen LogP) is 4.39. The topological polar surface area (TPSA) is 75.5 Å². The lowest BCUT2D eigenvalue weighted by molar-refractivity contribution is -0.141. The van der Waals surface area contributed by atoms with E-state index in [0.29, 0.717) is 11.5 Å². The van der Waals surface area contributed by atoms with Crippen LogP contribution in [0.1, 0.15) is 59.6 Å². The summed E-state index contributed by atoms with van der Waals surface area (Å²) in [6, 6.07) is 3.64. The Morgan fingerprint density at radius 3 is 1.96 bits per heavy atom. The maximum absolute atomic E-state index is 11.7. The quantitative estimate of drug-likeness (QED) is 0.821. The average Bonchev–Trinajstić information content (AvgIpc) is 2.51. The number of aromatic hydroxyl groups is 1. The second-order valence-electron chi connectivity index (χ2n) is 8.33. The summed E-state index contributed by atoms with van der Waals surface area (Å²) >= 11 is 0. The third-order valence-electron chi connectivity index (χ3n) is 3.92. The Morgan fingerprint density at radius 1 is 1.04 bits per heavy atom. The van der Waals surface area contributed by atoms with Crippen molar-refractivity contribution in [3.8, 4) is 5.75 Å². The molecule has 0 bridgehead atoms. The maximum Gasteiger partial charge on any atom is 0.329 e. The van der Waals surface area contributed by atoms with E-state index in [-0.39, 0.29) is 16.6 Å². The highest BCUT2D eigenvalue weighted by atomic mass is 16.7. The molecule has 0 amide bonds. The minimum atomic E-state index is -0.474. The third-order valence-corrected chi connectivity index (χ3v) is 3.92. The molecule has 1 heterocycles. The summed E-state index contributed by atoms with van der Waals surface area (Å²) < 4.78 is 0. The van der Waals surface area contributed by atoms with Gasteiger partial charge in [-0.25, -0.2) is 9.78 Å². The van der Waals surface area contributed by atoms with Crippen LogP contribution in [0, 0.1) is 0 Å². The van der Waals surface area contributed by atoms with Gasteiger partial charge in [-0.3, -0.25) is 4.98 Å². The zero-order valence-electron chi connectivity index (χ0n) is 16.5. The number of anilines is 2. The van der Waals surface area contributed by atoms with Crippen LogP contribution in [0.3, 0.4) is 0 Å². The highest BCUT2D eigenvalue weighted by Gasteiger charge is 2.29. The van der Waals surface area contributed by atoms with Gasteiger partial charge in [0, 0.05) is 30.4 Å². The number of nitrogens with zero attached hydrogens (tertiary/aromatic N) is 3. The van der Waals surface area contributed by atoms with Gasteiger partial charge in [-0.05, 0) is 23.0 Å². The van der Waals surface area contributed by atoms with Gasteiger partial charge in [0.05, 0.1) is 11.9 Å². The minimum Gasteiger partial charge on any atom is -0.507 e. The monoisotopic (exact) mass is 357 g/mol. The molecule has 0 saturated heterocycles. The Kier molecular flexibility index (Phi) is 5.26. The van der Waals surface area contributed by atoms with Crippen molar-refractivity contribution >= 4 is 17.5 Å². The molecule has 26 heavy (non-hydrogen) atoms. The molecule has 140 valence electrons. The fourth-order valence-electron chi connectivity index (χ4n) is 2.64. The maximum atomic E-state index is 11.7. The summed E-state index contributed by atoms with van der Waals surface area (Å²) in [5.41, 5.74) is 1.53. The molecular weight excluding hydrogens is 330 g/mol. The highest BCUT2D eigenvalue weighted by Crippen LogP contribution is 2.42. The van der Waals surface area contributed by atoms with E-state index in [4.69, 9.17) is 4.84 Å². The van der Waals surface area contributed by atoms with Gasteiger partial charge in [0.1, 0.15) is 5.75 Å². The fraction of sp³-hybridized carbons (Fsp3) is 0.450. The molecule has 1 N–H and O–H groups in total. The number of phenols is 1. The highest BCUT2D eigenvalue weighted by molar-refractivity contribution is 5.72. The van der Waals surface area contributed by atoms with E-state index in [0.717, 1.165) is 11.1 Å². The fourth-order valence-corrected chi connectivity index (χ4v) is 2.64. The predicted molar refractivity (Wildman–Crippen MR) is 101 cm³/mol. The molecule has 0 unspecified atom stereocenters. The lowest BCUT2D eigenvalue weighted by atomic mass is 9.79. The van der Waals surface area contributed by atoms with Crippen LogP contribution >= 0.6 is 0 Å². The lowest BCUT2D eigenvalue weighted by Gasteiger charge is -2.30. The summed E-state index contributed by atoms with van der Waals surface area (Å²) in [6.07, 6.45) is 4.60. The van der Waals surface area contributed by atoms with Crippen LogP contribution in [0.25, 0.3) is 0 Å². The number of carbonyl (C=O) groups excluding carboxylic acids is 1. The van der Waals surface area contributed by atoms with E-state index in [2.05, 4.69) is 9.97 Å². The molecule has 0 aliphatic heterocycles. The van der Waals surface area contributed by atoms with Crippen molar-refractivity contribution in [2.45, 2.75) is 59.3 Å². The minimum absolute atomic E-state index is 0.260. The first kappa shape index (κ1) is 19.7. The van der Waals surface area contributed by atoms with Gasteiger partial charge in [0.15, 0.2) is 5.82 Å². The molecule has 0 fully saturated rings. The van der Waals surface area contributed by atoms with Gasteiger partial charge in [-0.2, -0.15) is 5.06 Å². The summed E-state index contributed by atoms with van der Waals surface area (Å²) in [7, 11) is 0. The van der Waals surface area contributed by atoms with E-state index in [1.807, 2.05) is 53.7 Å². The van der Waals surface area contributed by atoms with E-state index < -0.39 is 5.97 Å². The molecule has 0 saturated carbocycles. The summed E-state index contributed by atoms with van der Waals surface area (Å²) in [5.74, 6) is 0.169. The molecule has 0 radical (unpaired) electrons. The van der Waals surface area contributed by atoms with Crippen molar-refractivity contribution in [1.82, 2.24) is 9.97 Å². The normalized spacial score (nSPS) is 12.0. The van der Waals surface area contributed by atoms with Crippen LogP contribution in [-0.4, -0.2) is 21.0 Å². The molecule has 0 aliphatic carbocycles. The number of phenolic OH excluding ortho intramolecular Hbond substituents is 1. The molecule has 6 heteroatoms. The first-order chi connectivity index (χ1) is 11.9. The van der Waals surface area contributed by atoms with Crippen LogP contribution in [0.15, 0.2) is 30.7 Å². The van der Waals surface area contributed by atoms with E-state index in [1.54, 1.807) is 6.20 Å². The third kappa shape index (κ3) is 4.31. The average molecular weight is 357 g/mol. The zero-order valence-corrected chi connectivity index (χ0v) is 16.5. The standard InChI is InChI=1S/C20H27N3O3/c1-13(24)26-23(17-12-21-8-9-22-17)14-10-15(19(2,3)4)18(25)16(11-14)20(5,6)7/h8-12,25H,1-7H3. The first-order valence-electron chi connectivity index (χ1n) is 8.54. The summed E-state index contributed by atoms with van der Waals surface area (Å²) in [4.78, 5) is 25.4. The van der Waals surface area contributed by atoms with Crippen molar-refractivity contribution in [2.24, 2.45) is 0 Å². The van der Waals surface area contributed by atoms with Gasteiger partial charge in [-0.1, -0.05) is 41.5 Å². The number of rotatable bonds is 3. The number of hydrogen-bond donors (Lipinski definition) is 1. The molecule has 1 aromatic carbocycles. The molecule has 0 atom stereocenters. The SMILES string of the molecule is CC(=O)ON(c1cc(C(C)(C)C)c(O)c(C(C)(C)C)c1)c1cnccn1. The largest absolute Gasteiger partial charge is 0.507 e. The molecular formula is C20H27N3O3. The lowest BCUT2D eigenvalue weighted by Crippen LogP contribution is -2.24. The molecule has 6 nitrogen and oxygen atoms in total. The number of benzene rings is 1. The zero-order chi connectivity index (χ0) is 19.7. The Morgan fingerprint density at radius 2 is 1.58 bits per heavy atom. The van der Waals surface area contributed by atoms with Crippen molar-refractivity contribution in [3.05, 3.63) is 41.9 Å². The van der Waals surface area contributed by atoms with Gasteiger partial charge in [0.2, 0.25) is 0 Å². The second kappa shape index (κ2) is 6.94. The van der Waals surface area contributed by atoms with Gasteiger partial charge >= 0.3 is 5.97 Å². The van der Waals surface area contributed by atoms with E-state index in [1.165, 1.54) is 24.4 Å². The van der Waals surface area contributed by atoms with Crippen molar-refractivity contribution < 1.29 is 14.7 Å². The number of hydrogen-bond acceptors (Lipinski definition) is 6.